The Labute approximate surface area is 83.9 Å². The van der Waals surface area contributed by atoms with Crippen molar-refractivity contribution in [1.82, 2.24) is 0 Å². The number of hydrogen-bond acceptors (Lipinski definition) is 1. The zero-order valence-electron chi connectivity index (χ0n) is 6.73. The van der Waals surface area contributed by atoms with Crippen LogP contribution in [0.2, 0.25) is 0 Å². The normalized spacial score (nSPS) is 9.23. The van der Waals surface area contributed by atoms with Crippen LogP contribution in [0.5, 0.6) is 0 Å². The summed E-state index contributed by atoms with van der Waals surface area (Å²) in [5, 5.41) is 2.12. The predicted octanol–water partition coefficient (Wildman–Crippen LogP) is 3.98. The highest BCUT2D eigenvalue weighted by atomic mass is 32.1. The van der Waals surface area contributed by atoms with Crippen molar-refractivity contribution in [1.29, 1.82) is 0 Å². The lowest BCUT2D eigenvalue weighted by Crippen LogP contribution is -1.81. The zero-order valence-corrected chi connectivity index (χ0v) is 7.55. The number of hydrogen-bond donors (Lipinski definition) is 0. The highest BCUT2D eigenvalue weighted by molar-refractivity contribution is 7.09. The molecule has 0 unspecified atom stereocenters. The van der Waals surface area contributed by atoms with Crippen molar-refractivity contribution in [3.05, 3.63) is 58.3 Å². The first-order chi connectivity index (χ1) is 5.95. The molecule has 0 radical (unpaired) electrons. The lowest BCUT2D eigenvalue weighted by atomic mass is 10.1. The number of benzene rings is 1. The minimum Gasteiger partial charge on any atom is -0.149 e. The summed E-state index contributed by atoms with van der Waals surface area (Å²) in [7, 11) is 0. The maximum atomic E-state index is 2.18. The molecule has 13 heavy (non-hydrogen) atoms. The van der Waals surface area contributed by atoms with Gasteiger partial charge in [-0.15, -0.1) is 11.3 Å². The third-order valence-corrected chi connectivity index (χ3v) is 2.68. The summed E-state index contributed by atoms with van der Waals surface area (Å²) in [6, 6.07) is 14.8. The van der Waals surface area contributed by atoms with Crippen molar-refractivity contribution in [3.63, 3.8) is 0 Å². The highest BCUT2D eigenvalue weighted by Crippen LogP contribution is 2.13. The summed E-state index contributed by atoms with van der Waals surface area (Å²) in [6.07, 6.45) is 1.07. The fourth-order valence-corrected chi connectivity index (χ4v) is 1.95. The largest absolute Gasteiger partial charge is 0.149 e. The van der Waals surface area contributed by atoms with Crippen molar-refractivity contribution in [2.45, 2.75) is 13.8 Å². The van der Waals surface area contributed by atoms with E-state index in [2.05, 4.69) is 47.8 Å². The topological polar surface area (TPSA) is 0 Å². The summed E-state index contributed by atoms with van der Waals surface area (Å²) in [5.41, 5.74) is 1.39. The van der Waals surface area contributed by atoms with Gasteiger partial charge in [0.1, 0.15) is 0 Å². The Balaban J connectivity index is 0.000000845. The molecule has 2 aromatic rings. The standard InChI is InChI=1S/C11H10S.CH4/c1-2-5-10(6-3-1)9-11-7-4-8-12-11;/h1-8H,9H2;1H4. The summed E-state index contributed by atoms with van der Waals surface area (Å²) in [6.45, 7) is 0. The van der Waals surface area contributed by atoms with Crippen molar-refractivity contribution < 1.29 is 0 Å². The van der Waals surface area contributed by atoms with Crippen LogP contribution < -0.4 is 0 Å². The van der Waals surface area contributed by atoms with Gasteiger partial charge < -0.3 is 0 Å². The first-order valence-corrected chi connectivity index (χ1v) is 4.89. The molecule has 0 nitrogen and oxygen atoms in total. The van der Waals surface area contributed by atoms with E-state index in [0.717, 1.165) is 6.42 Å². The van der Waals surface area contributed by atoms with E-state index < -0.39 is 0 Å². The first-order valence-electron chi connectivity index (χ1n) is 4.01. The molecule has 0 spiro atoms. The van der Waals surface area contributed by atoms with Gasteiger partial charge in [-0.3, -0.25) is 0 Å². The van der Waals surface area contributed by atoms with Gasteiger partial charge in [0.05, 0.1) is 0 Å². The van der Waals surface area contributed by atoms with Crippen LogP contribution in [-0.4, -0.2) is 0 Å². The SMILES string of the molecule is C.c1ccc(Cc2cccs2)cc1. The molecule has 0 aliphatic carbocycles. The molecule has 0 atom stereocenters. The molecule has 0 amide bonds. The van der Waals surface area contributed by atoms with Gasteiger partial charge in [-0.1, -0.05) is 43.8 Å². The monoisotopic (exact) mass is 190 g/mol. The van der Waals surface area contributed by atoms with Crippen molar-refractivity contribution in [3.8, 4) is 0 Å². The van der Waals surface area contributed by atoms with E-state index in [9.17, 15) is 0 Å². The van der Waals surface area contributed by atoms with Crippen molar-refractivity contribution in [2.75, 3.05) is 0 Å². The van der Waals surface area contributed by atoms with Gasteiger partial charge in [-0.2, -0.15) is 0 Å². The van der Waals surface area contributed by atoms with Crippen molar-refractivity contribution >= 4 is 11.3 Å². The Morgan fingerprint density at radius 3 is 2.31 bits per heavy atom. The Bertz CT molecular complexity index is 321. The van der Waals surface area contributed by atoms with Crippen LogP contribution in [0.15, 0.2) is 47.8 Å². The fourth-order valence-electron chi connectivity index (χ4n) is 1.21. The van der Waals surface area contributed by atoms with Crippen LogP contribution in [0, 0.1) is 0 Å². The maximum Gasteiger partial charge on any atom is 0.00890 e. The predicted molar refractivity (Wildman–Crippen MR) is 60.3 cm³/mol. The van der Waals surface area contributed by atoms with E-state index in [1.165, 1.54) is 10.4 Å². The Morgan fingerprint density at radius 2 is 1.69 bits per heavy atom. The van der Waals surface area contributed by atoms with Gasteiger partial charge in [0, 0.05) is 11.3 Å². The number of rotatable bonds is 2. The maximum absolute atomic E-state index is 2.18. The summed E-state index contributed by atoms with van der Waals surface area (Å²) in [4.78, 5) is 1.43. The molecule has 0 N–H and O–H groups in total. The van der Waals surface area contributed by atoms with E-state index in [1.807, 2.05) is 11.3 Å². The smallest absolute Gasteiger partial charge is 0.00890 e. The fraction of sp³-hybridized carbons (Fsp3) is 0.167. The van der Waals surface area contributed by atoms with E-state index in [4.69, 9.17) is 0 Å². The van der Waals surface area contributed by atoms with Gasteiger partial charge in [0.15, 0.2) is 0 Å². The van der Waals surface area contributed by atoms with E-state index in [-0.39, 0.29) is 7.43 Å². The van der Waals surface area contributed by atoms with Crippen LogP contribution >= 0.6 is 11.3 Å². The van der Waals surface area contributed by atoms with Gasteiger partial charge in [-0.05, 0) is 17.0 Å². The lowest BCUT2D eigenvalue weighted by Gasteiger charge is -1.96. The second-order valence-electron chi connectivity index (χ2n) is 2.74. The quantitative estimate of drug-likeness (QED) is 0.672. The van der Waals surface area contributed by atoms with Crippen LogP contribution in [0.3, 0.4) is 0 Å². The molecule has 1 heterocycles. The molecular weight excluding hydrogens is 176 g/mol. The number of thiophene rings is 1. The Morgan fingerprint density at radius 1 is 0.923 bits per heavy atom. The molecule has 0 fully saturated rings. The van der Waals surface area contributed by atoms with Gasteiger partial charge in [0.25, 0.3) is 0 Å². The van der Waals surface area contributed by atoms with E-state index in [1.54, 1.807) is 0 Å². The molecule has 0 saturated heterocycles. The van der Waals surface area contributed by atoms with Crippen LogP contribution in [0.25, 0.3) is 0 Å². The first kappa shape index (κ1) is 10.0. The summed E-state index contributed by atoms with van der Waals surface area (Å²) in [5.74, 6) is 0. The minimum absolute atomic E-state index is 0. The molecule has 0 saturated carbocycles. The molecule has 0 bridgehead atoms. The summed E-state index contributed by atoms with van der Waals surface area (Å²) >= 11 is 1.82. The Kier molecular flexibility index (Phi) is 3.71. The second kappa shape index (κ2) is 4.83. The third kappa shape index (κ3) is 2.71. The zero-order chi connectivity index (χ0) is 8.23. The van der Waals surface area contributed by atoms with E-state index >= 15 is 0 Å². The van der Waals surface area contributed by atoms with Crippen molar-refractivity contribution in [2.24, 2.45) is 0 Å². The molecule has 1 aromatic carbocycles. The Hall–Kier alpha value is -1.08. The molecule has 1 aromatic heterocycles. The lowest BCUT2D eigenvalue weighted by molar-refractivity contribution is 1.24. The average molecular weight is 190 g/mol. The molecule has 68 valence electrons. The molecular formula is C12H14S. The third-order valence-electron chi connectivity index (χ3n) is 1.80. The summed E-state index contributed by atoms with van der Waals surface area (Å²) < 4.78 is 0. The van der Waals surface area contributed by atoms with Gasteiger partial charge >= 0.3 is 0 Å². The van der Waals surface area contributed by atoms with Crippen LogP contribution in [0.4, 0.5) is 0 Å². The highest BCUT2D eigenvalue weighted by Gasteiger charge is 1.94. The van der Waals surface area contributed by atoms with Crippen LogP contribution in [-0.2, 0) is 6.42 Å². The van der Waals surface area contributed by atoms with Gasteiger partial charge in [0.2, 0.25) is 0 Å². The molecule has 0 aliphatic rings. The van der Waals surface area contributed by atoms with Gasteiger partial charge in [-0.25, -0.2) is 0 Å². The average Bonchev–Trinajstić information content (AvgIpc) is 2.59. The second-order valence-corrected chi connectivity index (χ2v) is 3.77. The molecule has 1 heteroatoms. The van der Waals surface area contributed by atoms with E-state index in [0.29, 0.717) is 0 Å². The van der Waals surface area contributed by atoms with Crippen LogP contribution in [0.1, 0.15) is 17.9 Å². The minimum atomic E-state index is 0. The molecule has 0 aliphatic heterocycles. The molecule has 2 rings (SSSR count).